The summed E-state index contributed by atoms with van der Waals surface area (Å²) in [6.07, 6.45) is 0.984. The Kier molecular flexibility index (Phi) is 5.86. The molecule has 0 aliphatic carbocycles. The third-order valence-corrected chi connectivity index (χ3v) is 2.46. The number of nitrogens with zero attached hydrogens (tertiary/aromatic N) is 3. The Bertz CT molecular complexity index is 355. The average molecular weight is 257 g/mol. The first-order valence-corrected chi connectivity index (χ1v) is 5.94. The van der Waals surface area contributed by atoms with Crippen molar-refractivity contribution in [2.24, 2.45) is 0 Å². The molecule has 1 rings (SSSR count). The predicted molar refractivity (Wildman–Crippen MR) is 66.7 cm³/mol. The van der Waals surface area contributed by atoms with Gasteiger partial charge in [-0.15, -0.1) is 5.10 Å². The van der Waals surface area contributed by atoms with Crippen LogP contribution in [0.1, 0.15) is 19.0 Å². The molecule has 0 bridgehead atoms. The summed E-state index contributed by atoms with van der Waals surface area (Å²) in [5.74, 6) is 0.000345. The van der Waals surface area contributed by atoms with Crippen LogP contribution in [0.5, 0.6) is 0 Å². The first-order chi connectivity index (χ1) is 8.15. The number of amides is 1. The molecule has 0 saturated carbocycles. The first-order valence-electron chi connectivity index (χ1n) is 5.56. The van der Waals surface area contributed by atoms with Crippen molar-refractivity contribution in [3.63, 3.8) is 0 Å². The van der Waals surface area contributed by atoms with E-state index in [1.165, 1.54) is 0 Å². The molecule has 1 N–H and O–H groups in total. The number of rotatable bonds is 6. The van der Waals surface area contributed by atoms with Gasteiger partial charge in [-0.1, -0.05) is 18.5 Å². The highest BCUT2D eigenvalue weighted by Gasteiger charge is 2.10. The van der Waals surface area contributed by atoms with E-state index in [-0.39, 0.29) is 5.91 Å². The number of likely N-dealkylation sites (N-methyl/N-ethyl adjacent to an activating group) is 1. The topological polar surface area (TPSA) is 58.1 Å². The number of carbonyl (C=O) groups excluding carboxylic acids is 1. The third-order valence-electron chi connectivity index (χ3n) is 2.26. The summed E-state index contributed by atoms with van der Waals surface area (Å²) < 4.78 is 0. The average Bonchev–Trinajstić information content (AvgIpc) is 2.32. The standard InChI is InChI=1S/C11H17ClN4O/c1-3-6-16(8-11(17)13-2)7-9-4-5-10(12)15-14-9/h4-5H,3,6-8H2,1-2H3,(H,13,17). The Morgan fingerprint density at radius 2 is 2.24 bits per heavy atom. The number of aromatic nitrogens is 2. The molecular weight excluding hydrogens is 240 g/mol. The number of nitrogens with one attached hydrogen (secondary N) is 1. The van der Waals surface area contributed by atoms with Crippen LogP contribution >= 0.6 is 11.6 Å². The maximum Gasteiger partial charge on any atom is 0.233 e. The van der Waals surface area contributed by atoms with E-state index >= 15 is 0 Å². The minimum atomic E-state index is 0.000345. The Morgan fingerprint density at radius 1 is 1.47 bits per heavy atom. The normalized spacial score (nSPS) is 10.6. The molecule has 0 saturated heterocycles. The lowest BCUT2D eigenvalue weighted by atomic mass is 10.3. The quantitative estimate of drug-likeness (QED) is 0.828. The Morgan fingerprint density at radius 3 is 2.76 bits per heavy atom. The van der Waals surface area contributed by atoms with E-state index in [1.54, 1.807) is 13.1 Å². The molecule has 0 spiro atoms. The van der Waals surface area contributed by atoms with E-state index in [9.17, 15) is 4.79 Å². The molecule has 6 heteroatoms. The van der Waals surface area contributed by atoms with Gasteiger partial charge in [0.25, 0.3) is 0 Å². The molecule has 0 atom stereocenters. The minimum absolute atomic E-state index is 0.000345. The number of hydrogen-bond donors (Lipinski definition) is 1. The van der Waals surface area contributed by atoms with Gasteiger partial charge < -0.3 is 5.32 Å². The van der Waals surface area contributed by atoms with Gasteiger partial charge in [0.2, 0.25) is 5.91 Å². The van der Waals surface area contributed by atoms with Crippen LogP contribution in [0.2, 0.25) is 5.15 Å². The highest BCUT2D eigenvalue weighted by Crippen LogP contribution is 2.05. The Labute approximate surface area is 106 Å². The lowest BCUT2D eigenvalue weighted by Gasteiger charge is -2.19. The van der Waals surface area contributed by atoms with Crippen LogP contribution in [0.15, 0.2) is 12.1 Å². The number of carbonyl (C=O) groups is 1. The fourth-order valence-corrected chi connectivity index (χ4v) is 1.57. The van der Waals surface area contributed by atoms with E-state index in [4.69, 9.17) is 11.6 Å². The fraction of sp³-hybridized carbons (Fsp3) is 0.545. The van der Waals surface area contributed by atoms with Crippen LogP contribution in [0.3, 0.4) is 0 Å². The summed E-state index contributed by atoms with van der Waals surface area (Å²) >= 11 is 5.66. The lowest BCUT2D eigenvalue weighted by Crippen LogP contribution is -2.35. The van der Waals surface area contributed by atoms with Crippen molar-refractivity contribution < 1.29 is 4.79 Å². The van der Waals surface area contributed by atoms with Crippen molar-refractivity contribution in [3.8, 4) is 0 Å². The van der Waals surface area contributed by atoms with Crippen LogP contribution in [0, 0.1) is 0 Å². The van der Waals surface area contributed by atoms with Gasteiger partial charge in [-0.3, -0.25) is 9.69 Å². The largest absolute Gasteiger partial charge is 0.358 e. The molecular formula is C11H17ClN4O. The van der Waals surface area contributed by atoms with Gasteiger partial charge in [0, 0.05) is 13.6 Å². The number of halogens is 1. The summed E-state index contributed by atoms with van der Waals surface area (Å²) in [4.78, 5) is 13.4. The van der Waals surface area contributed by atoms with E-state index in [0.29, 0.717) is 18.2 Å². The monoisotopic (exact) mass is 256 g/mol. The molecule has 94 valence electrons. The zero-order valence-electron chi connectivity index (χ0n) is 10.1. The second-order valence-corrected chi connectivity index (χ2v) is 4.12. The molecule has 1 aromatic heterocycles. The zero-order valence-corrected chi connectivity index (χ0v) is 10.9. The van der Waals surface area contributed by atoms with Gasteiger partial charge in [0.15, 0.2) is 5.15 Å². The van der Waals surface area contributed by atoms with E-state index in [0.717, 1.165) is 18.7 Å². The fourth-order valence-electron chi connectivity index (χ4n) is 1.47. The third kappa shape index (κ3) is 5.10. The maximum atomic E-state index is 11.3. The smallest absolute Gasteiger partial charge is 0.233 e. The van der Waals surface area contributed by atoms with Gasteiger partial charge in [-0.05, 0) is 25.1 Å². The van der Waals surface area contributed by atoms with Crippen molar-refractivity contribution in [2.45, 2.75) is 19.9 Å². The molecule has 0 aliphatic rings. The van der Waals surface area contributed by atoms with Crippen LogP contribution in [0.25, 0.3) is 0 Å². The predicted octanol–water partition coefficient (Wildman–Crippen LogP) is 1.09. The highest BCUT2D eigenvalue weighted by molar-refractivity contribution is 6.29. The van der Waals surface area contributed by atoms with Crippen molar-refractivity contribution in [2.75, 3.05) is 20.1 Å². The molecule has 0 unspecified atom stereocenters. The van der Waals surface area contributed by atoms with Crippen LogP contribution < -0.4 is 5.32 Å². The second-order valence-electron chi connectivity index (χ2n) is 3.73. The molecule has 0 fully saturated rings. The molecule has 1 amide bonds. The summed E-state index contributed by atoms with van der Waals surface area (Å²) in [7, 11) is 1.63. The molecule has 0 aromatic carbocycles. The summed E-state index contributed by atoms with van der Waals surface area (Å²) in [5, 5.41) is 10.7. The van der Waals surface area contributed by atoms with Crippen molar-refractivity contribution >= 4 is 17.5 Å². The van der Waals surface area contributed by atoms with Crippen LogP contribution in [0.4, 0.5) is 0 Å². The van der Waals surface area contributed by atoms with Gasteiger partial charge in [0.05, 0.1) is 12.2 Å². The van der Waals surface area contributed by atoms with Crippen molar-refractivity contribution in [1.29, 1.82) is 0 Å². The molecule has 0 radical (unpaired) electrons. The summed E-state index contributed by atoms with van der Waals surface area (Å²) in [5.41, 5.74) is 0.812. The SMILES string of the molecule is CCCN(CC(=O)NC)Cc1ccc(Cl)nn1. The molecule has 1 heterocycles. The van der Waals surface area contributed by atoms with E-state index < -0.39 is 0 Å². The summed E-state index contributed by atoms with van der Waals surface area (Å²) in [6.45, 7) is 3.89. The van der Waals surface area contributed by atoms with Crippen LogP contribution in [-0.2, 0) is 11.3 Å². The molecule has 0 aliphatic heterocycles. The van der Waals surface area contributed by atoms with Crippen LogP contribution in [-0.4, -0.2) is 41.1 Å². The lowest BCUT2D eigenvalue weighted by molar-refractivity contribution is -0.121. The second kappa shape index (κ2) is 7.19. The Balaban J connectivity index is 2.59. The van der Waals surface area contributed by atoms with E-state index in [1.807, 2.05) is 11.0 Å². The zero-order chi connectivity index (χ0) is 12.7. The minimum Gasteiger partial charge on any atom is -0.358 e. The van der Waals surface area contributed by atoms with E-state index in [2.05, 4.69) is 22.4 Å². The molecule has 17 heavy (non-hydrogen) atoms. The summed E-state index contributed by atoms with van der Waals surface area (Å²) in [6, 6.07) is 3.52. The Hall–Kier alpha value is -1.20. The van der Waals surface area contributed by atoms with Crippen molar-refractivity contribution in [1.82, 2.24) is 20.4 Å². The van der Waals surface area contributed by atoms with Gasteiger partial charge >= 0.3 is 0 Å². The first kappa shape index (κ1) is 13.9. The van der Waals surface area contributed by atoms with Gasteiger partial charge in [0.1, 0.15) is 0 Å². The van der Waals surface area contributed by atoms with Gasteiger partial charge in [-0.2, -0.15) is 5.10 Å². The maximum absolute atomic E-state index is 11.3. The highest BCUT2D eigenvalue weighted by atomic mass is 35.5. The van der Waals surface area contributed by atoms with Crippen molar-refractivity contribution in [3.05, 3.63) is 23.0 Å². The number of hydrogen-bond acceptors (Lipinski definition) is 4. The van der Waals surface area contributed by atoms with Gasteiger partial charge in [-0.25, -0.2) is 0 Å². The molecule has 1 aromatic rings. The molecule has 5 nitrogen and oxygen atoms in total.